The summed E-state index contributed by atoms with van der Waals surface area (Å²) in [5, 5.41) is 12.0. The van der Waals surface area contributed by atoms with Gasteiger partial charge in [-0.15, -0.1) is 0 Å². The summed E-state index contributed by atoms with van der Waals surface area (Å²) in [4.78, 5) is 17.0. The quantitative estimate of drug-likeness (QED) is 0.451. The van der Waals surface area contributed by atoms with E-state index in [1.54, 1.807) is 6.92 Å². The molecule has 6 nitrogen and oxygen atoms in total. The van der Waals surface area contributed by atoms with Crippen LogP contribution in [0, 0.1) is 0 Å². The number of carboxylic acids is 1. The van der Waals surface area contributed by atoms with E-state index in [2.05, 4.69) is 15.0 Å². The summed E-state index contributed by atoms with van der Waals surface area (Å²) in [6.45, 7) is 1.68. The smallest absolute Gasteiger partial charge is 0.337 e. The van der Waals surface area contributed by atoms with Crippen LogP contribution in [0.15, 0.2) is 23.4 Å². The van der Waals surface area contributed by atoms with Crippen LogP contribution >= 0.6 is 0 Å². The Morgan fingerprint density at radius 3 is 2.86 bits per heavy atom. The van der Waals surface area contributed by atoms with Gasteiger partial charge in [0.2, 0.25) is 0 Å². The topological polar surface area (TPSA) is 99.0 Å². The van der Waals surface area contributed by atoms with Crippen molar-refractivity contribution in [3.8, 4) is 0 Å². The minimum absolute atomic E-state index is 0.113. The Morgan fingerprint density at radius 1 is 1.71 bits per heavy atom. The Kier molecular flexibility index (Phi) is 3.04. The molecule has 0 spiro atoms. The van der Waals surface area contributed by atoms with E-state index in [4.69, 9.17) is 10.6 Å². The van der Waals surface area contributed by atoms with Gasteiger partial charge in [0.25, 0.3) is 0 Å². The van der Waals surface area contributed by atoms with Gasteiger partial charge in [0, 0.05) is 16.8 Å². The molecular weight excluding hydrogens is 184 g/mol. The lowest BCUT2D eigenvalue weighted by Gasteiger charge is -2.02. The van der Waals surface area contributed by atoms with Gasteiger partial charge in [-0.05, 0) is 17.7 Å². The molecule has 72 valence electrons. The average Bonchev–Trinajstić information content (AvgIpc) is 2.18. The third-order valence-electron chi connectivity index (χ3n) is 1.69. The number of hydrogen-bond acceptors (Lipinski definition) is 3. The van der Waals surface area contributed by atoms with Crippen molar-refractivity contribution in [3.63, 3.8) is 0 Å². The van der Waals surface area contributed by atoms with E-state index in [9.17, 15) is 4.79 Å². The molecule has 1 aromatic heterocycles. The molecule has 6 heteroatoms. The number of rotatable bonds is 3. The maximum Gasteiger partial charge on any atom is 0.337 e. The van der Waals surface area contributed by atoms with E-state index < -0.39 is 5.97 Å². The first-order chi connectivity index (χ1) is 6.65. The van der Waals surface area contributed by atoms with Gasteiger partial charge in [0.1, 0.15) is 0 Å². The summed E-state index contributed by atoms with van der Waals surface area (Å²) in [5.41, 5.74) is 8.84. The van der Waals surface area contributed by atoms with Crippen LogP contribution in [-0.2, 0) is 0 Å². The van der Waals surface area contributed by atoms with Crippen LogP contribution < -0.4 is 0 Å². The summed E-state index contributed by atoms with van der Waals surface area (Å²) < 4.78 is 0. The number of azide groups is 1. The molecule has 1 aromatic rings. The molecular formula is C8H8N4O2. The van der Waals surface area contributed by atoms with Gasteiger partial charge in [0.15, 0.2) is 0 Å². The van der Waals surface area contributed by atoms with Crippen LogP contribution in [0.2, 0.25) is 0 Å². The lowest BCUT2D eigenvalue weighted by Crippen LogP contribution is -1.99. The van der Waals surface area contributed by atoms with Gasteiger partial charge in [-0.3, -0.25) is 4.98 Å². The highest BCUT2D eigenvalue weighted by Gasteiger charge is 2.06. The number of carbonyl (C=O) groups is 1. The minimum Gasteiger partial charge on any atom is -0.478 e. The van der Waals surface area contributed by atoms with Gasteiger partial charge in [0.05, 0.1) is 11.6 Å². The predicted octanol–water partition coefficient (Wildman–Crippen LogP) is 2.15. The molecule has 0 bridgehead atoms. The van der Waals surface area contributed by atoms with Crippen LogP contribution in [0.5, 0.6) is 0 Å². The SMILES string of the molecule is CC(N=[N+]=[N-])c1ccc(C(=O)O)cn1. The van der Waals surface area contributed by atoms with Gasteiger partial charge in [-0.2, -0.15) is 0 Å². The van der Waals surface area contributed by atoms with E-state index in [1.807, 2.05) is 0 Å². The van der Waals surface area contributed by atoms with Crippen molar-refractivity contribution >= 4 is 5.97 Å². The molecule has 0 radical (unpaired) electrons. The molecule has 0 aliphatic rings. The number of aromatic carboxylic acids is 1. The Labute approximate surface area is 79.8 Å². The van der Waals surface area contributed by atoms with E-state index in [0.29, 0.717) is 5.69 Å². The first-order valence-corrected chi connectivity index (χ1v) is 3.88. The van der Waals surface area contributed by atoms with Crippen molar-refractivity contribution in [3.05, 3.63) is 40.0 Å². The Hall–Kier alpha value is -2.07. The Bertz CT molecular complexity index is 381. The van der Waals surface area contributed by atoms with E-state index in [0.717, 1.165) is 0 Å². The fraction of sp³-hybridized carbons (Fsp3) is 0.250. The van der Waals surface area contributed by atoms with Crippen molar-refractivity contribution in [2.24, 2.45) is 5.11 Å². The van der Waals surface area contributed by atoms with Crippen molar-refractivity contribution in [2.45, 2.75) is 13.0 Å². The second-order valence-electron chi connectivity index (χ2n) is 2.66. The highest BCUT2D eigenvalue weighted by Crippen LogP contribution is 2.14. The largest absolute Gasteiger partial charge is 0.478 e. The van der Waals surface area contributed by atoms with Gasteiger partial charge in [-0.25, -0.2) is 4.79 Å². The van der Waals surface area contributed by atoms with Gasteiger partial charge in [-0.1, -0.05) is 12.0 Å². The van der Waals surface area contributed by atoms with Gasteiger partial charge >= 0.3 is 5.97 Å². The minimum atomic E-state index is -1.03. The summed E-state index contributed by atoms with van der Waals surface area (Å²) in [7, 11) is 0. The van der Waals surface area contributed by atoms with E-state index >= 15 is 0 Å². The maximum atomic E-state index is 10.5. The first-order valence-electron chi connectivity index (χ1n) is 3.88. The van der Waals surface area contributed by atoms with E-state index in [1.165, 1.54) is 18.3 Å². The van der Waals surface area contributed by atoms with Gasteiger partial charge < -0.3 is 5.11 Å². The number of hydrogen-bond donors (Lipinski definition) is 1. The normalized spacial score (nSPS) is 11.5. The molecule has 0 saturated carbocycles. The second kappa shape index (κ2) is 4.25. The number of aromatic nitrogens is 1. The second-order valence-corrected chi connectivity index (χ2v) is 2.66. The maximum absolute atomic E-state index is 10.5. The molecule has 1 heterocycles. The Morgan fingerprint density at radius 2 is 2.43 bits per heavy atom. The molecule has 0 aromatic carbocycles. The van der Waals surface area contributed by atoms with Crippen molar-refractivity contribution in [2.75, 3.05) is 0 Å². The van der Waals surface area contributed by atoms with Crippen LogP contribution in [0.1, 0.15) is 29.0 Å². The summed E-state index contributed by atoms with van der Waals surface area (Å²) in [6.07, 6.45) is 1.24. The van der Waals surface area contributed by atoms with Crippen LogP contribution in [0.25, 0.3) is 10.4 Å². The van der Waals surface area contributed by atoms with Crippen molar-refractivity contribution in [1.29, 1.82) is 0 Å². The summed E-state index contributed by atoms with van der Waals surface area (Å²) >= 11 is 0. The third-order valence-corrected chi connectivity index (χ3v) is 1.69. The molecule has 0 saturated heterocycles. The molecule has 0 fully saturated rings. The highest BCUT2D eigenvalue weighted by molar-refractivity contribution is 5.87. The number of pyridine rings is 1. The van der Waals surface area contributed by atoms with Crippen LogP contribution in [0.3, 0.4) is 0 Å². The zero-order valence-electron chi connectivity index (χ0n) is 7.45. The monoisotopic (exact) mass is 192 g/mol. The molecule has 14 heavy (non-hydrogen) atoms. The summed E-state index contributed by atoms with van der Waals surface area (Å²) in [6, 6.07) is 2.57. The third kappa shape index (κ3) is 2.21. The van der Waals surface area contributed by atoms with Crippen LogP contribution in [-0.4, -0.2) is 16.1 Å². The molecule has 1 unspecified atom stereocenters. The molecule has 1 rings (SSSR count). The molecule has 0 aliphatic carbocycles. The lowest BCUT2D eigenvalue weighted by molar-refractivity contribution is 0.0696. The molecule has 0 amide bonds. The Balaban J connectivity index is 2.93. The fourth-order valence-corrected chi connectivity index (χ4v) is 0.916. The lowest BCUT2D eigenvalue weighted by atomic mass is 10.2. The fourth-order valence-electron chi connectivity index (χ4n) is 0.916. The highest BCUT2D eigenvalue weighted by atomic mass is 16.4. The standard InChI is InChI=1S/C8H8N4O2/c1-5(11-12-9)7-3-2-6(4-10-7)8(13)14/h2-5H,1H3,(H,13,14). The molecule has 0 aliphatic heterocycles. The van der Waals surface area contributed by atoms with Crippen molar-refractivity contribution < 1.29 is 9.90 Å². The average molecular weight is 192 g/mol. The first kappa shape index (κ1) is 10.0. The molecule has 1 N–H and O–H groups in total. The number of carboxylic acid groups (broad SMARTS) is 1. The van der Waals surface area contributed by atoms with E-state index in [-0.39, 0.29) is 11.6 Å². The van der Waals surface area contributed by atoms with Crippen molar-refractivity contribution in [1.82, 2.24) is 4.98 Å². The molecule has 1 atom stereocenters. The summed E-state index contributed by atoms with van der Waals surface area (Å²) in [5.74, 6) is -1.03. The number of nitrogens with zero attached hydrogens (tertiary/aromatic N) is 4. The predicted molar refractivity (Wildman–Crippen MR) is 48.8 cm³/mol. The zero-order valence-corrected chi connectivity index (χ0v) is 7.45. The zero-order chi connectivity index (χ0) is 10.6. The van der Waals surface area contributed by atoms with Crippen LogP contribution in [0.4, 0.5) is 0 Å².